The molecule has 1 saturated heterocycles. The minimum Gasteiger partial charge on any atom is -0.493 e. The van der Waals surface area contributed by atoms with Crippen molar-refractivity contribution in [2.45, 2.75) is 26.7 Å². The monoisotopic (exact) mass is 362 g/mol. The van der Waals surface area contributed by atoms with Crippen LogP contribution >= 0.6 is 0 Å². The molecule has 1 aliphatic rings. The maximum atomic E-state index is 5.93. The molecule has 146 valence electrons. The van der Waals surface area contributed by atoms with Crippen LogP contribution in [0.25, 0.3) is 0 Å². The summed E-state index contributed by atoms with van der Waals surface area (Å²) >= 11 is 0. The van der Waals surface area contributed by atoms with Crippen molar-refractivity contribution in [2.24, 2.45) is 16.6 Å². The number of guanidine groups is 1. The molecule has 1 aromatic rings. The lowest BCUT2D eigenvalue weighted by atomic mass is 10.1. The van der Waals surface area contributed by atoms with Crippen LogP contribution in [0.4, 0.5) is 0 Å². The molecule has 1 aromatic carbocycles. The molecule has 0 saturated carbocycles. The zero-order valence-electron chi connectivity index (χ0n) is 16.2. The van der Waals surface area contributed by atoms with Crippen LogP contribution in [0.2, 0.25) is 0 Å². The summed E-state index contributed by atoms with van der Waals surface area (Å²) in [6, 6.07) is 8.27. The fourth-order valence-electron chi connectivity index (χ4n) is 2.72. The van der Waals surface area contributed by atoms with Crippen LogP contribution in [0.3, 0.4) is 0 Å². The van der Waals surface area contributed by atoms with Crippen LogP contribution in [-0.2, 0) is 11.2 Å². The van der Waals surface area contributed by atoms with Gasteiger partial charge in [0.05, 0.1) is 19.8 Å². The summed E-state index contributed by atoms with van der Waals surface area (Å²) in [4.78, 5) is 6.81. The number of nitrogens with one attached hydrogen (secondary N) is 1. The highest BCUT2D eigenvalue weighted by Gasteiger charge is 2.08. The van der Waals surface area contributed by atoms with E-state index in [-0.39, 0.29) is 0 Å². The van der Waals surface area contributed by atoms with Crippen molar-refractivity contribution in [3.05, 3.63) is 29.8 Å². The van der Waals surface area contributed by atoms with Crippen molar-refractivity contribution < 1.29 is 9.47 Å². The average Bonchev–Trinajstić information content (AvgIpc) is 2.65. The molecule has 1 fully saturated rings. The fourth-order valence-corrected chi connectivity index (χ4v) is 2.72. The molecule has 0 spiro atoms. The SMILES string of the molecule is CC(C)COc1ccc(CCNC(N)=NCCCN2CCOCC2)cc1. The van der Waals surface area contributed by atoms with Gasteiger partial charge in [-0.15, -0.1) is 0 Å². The topological polar surface area (TPSA) is 72.1 Å². The number of hydrogen-bond acceptors (Lipinski definition) is 4. The van der Waals surface area contributed by atoms with Crippen molar-refractivity contribution in [1.29, 1.82) is 0 Å². The van der Waals surface area contributed by atoms with Crippen LogP contribution in [-0.4, -0.2) is 63.4 Å². The van der Waals surface area contributed by atoms with Gasteiger partial charge in [0.1, 0.15) is 5.75 Å². The Morgan fingerprint density at radius 2 is 2.00 bits per heavy atom. The summed E-state index contributed by atoms with van der Waals surface area (Å²) in [5.41, 5.74) is 7.19. The minimum absolute atomic E-state index is 0.531. The maximum Gasteiger partial charge on any atom is 0.188 e. The molecule has 0 amide bonds. The highest BCUT2D eigenvalue weighted by atomic mass is 16.5. The third-order valence-corrected chi connectivity index (χ3v) is 4.24. The minimum atomic E-state index is 0.531. The Balaban J connectivity index is 1.57. The Morgan fingerprint density at radius 1 is 1.27 bits per heavy atom. The largest absolute Gasteiger partial charge is 0.493 e. The summed E-state index contributed by atoms with van der Waals surface area (Å²) < 4.78 is 11.0. The Hall–Kier alpha value is -1.79. The molecule has 2 rings (SSSR count). The van der Waals surface area contributed by atoms with Gasteiger partial charge < -0.3 is 20.5 Å². The van der Waals surface area contributed by atoms with E-state index < -0.39 is 0 Å². The summed E-state index contributed by atoms with van der Waals surface area (Å²) in [7, 11) is 0. The molecule has 1 heterocycles. The van der Waals surface area contributed by atoms with Gasteiger partial charge in [-0.2, -0.15) is 0 Å². The second-order valence-electron chi connectivity index (χ2n) is 7.10. The van der Waals surface area contributed by atoms with Gasteiger partial charge in [0.2, 0.25) is 0 Å². The van der Waals surface area contributed by atoms with Crippen molar-refractivity contribution in [1.82, 2.24) is 10.2 Å². The number of aliphatic imine (C=N–C) groups is 1. The summed E-state index contributed by atoms with van der Waals surface area (Å²) in [5, 5.41) is 3.19. The Morgan fingerprint density at radius 3 is 2.69 bits per heavy atom. The average molecular weight is 363 g/mol. The summed E-state index contributed by atoms with van der Waals surface area (Å²) in [6.07, 6.45) is 1.94. The van der Waals surface area contributed by atoms with E-state index in [0.717, 1.165) is 71.1 Å². The van der Waals surface area contributed by atoms with Gasteiger partial charge in [0.25, 0.3) is 0 Å². The molecule has 26 heavy (non-hydrogen) atoms. The van der Waals surface area contributed by atoms with E-state index in [1.54, 1.807) is 0 Å². The van der Waals surface area contributed by atoms with E-state index >= 15 is 0 Å². The van der Waals surface area contributed by atoms with Crippen molar-refractivity contribution in [3.8, 4) is 5.75 Å². The van der Waals surface area contributed by atoms with Crippen LogP contribution in [0.5, 0.6) is 5.75 Å². The van der Waals surface area contributed by atoms with Crippen LogP contribution in [0.1, 0.15) is 25.8 Å². The Kier molecular flexibility index (Phi) is 9.28. The zero-order chi connectivity index (χ0) is 18.6. The van der Waals surface area contributed by atoms with Gasteiger partial charge in [-0.3, -0.25) is 9.89 Å². The molecule has 6 heteroatoms. The molecular weight excluding hydrogens is 328 g/mol. The Labute approximate surface area is 157 Å². The fraction of sp³-hybridized carbons (Fsp3) is 0.650. The van der Waals surface area contributed by atoms with Gasteiger partial charge >= 0.3 is 0 Å². The number of morpholine rings is 1. The first kappa shape index (κ1) is 20.5. The van der Waals surface area contributed by atoms with E-state index in [1.807, 2.05) is 12.1 Å². The number of nitrogens with two attached hydrogens (primary N) is 1. The molecule has 3 N–H and O–H groups in total. The molecule has 0 aliphatic carbocycles. The molecule has 0 aromatic heterocycles. The summed E-state index contributed by atoms with van der Waals surface area (Å²) in [5.74, 6) is 2.00. The summed E-state index contributed by atoms with van der Waals surface area (Å²) in [6.45, 7) is 11.4. The van der Waals surface area contributed by atoms with E-state index in [2.05, 4.69) is 41.2 Å². The zero-order valence-corrected chi connectivity index (χ0v) is 16.2. The molecule has 0 unspecified atom stereocenters. The van der Waals surface area contributed by atoms with Gasteiger partial charge in [0.15, 0.2) is 5.96 Å². The van der Waals surface area contributed by atoms with Gasteiger partial charge in [-0.25, -0.2) is 0 Å². The van der Waals surface area contributed by atoms with E-state index in [9.17, 15) is 0 Å². The third-order valence-electron chi connectivity index (χ3n) is 4.24. The normalized spacial score (nSPS) is 16.0. The van der Waals surface area contributed by atoms with Gasteiger partial charge in [-0.05, 0) is 36.5 Å². The number of nitrogens with zero attached hydrogens (tertiary/aromatic N) is 2. The van der Waals surface area contributed by atoms with Crippen LogP contribution < -0.4 is 15.8 Å². The third kappa shape index (κ3) is 8.54. The van der Waals surface area contributed by atoms with Crippen molar-refractivity contribution in [2.75, 3.05) is 52.5 Å². The number of hydrogen-bond donors (Lipinski definition) is 2. The van der Waals surface area contributed by atoms with Gasteiger partial charge in [-0.1, -0.05) is 26.0 Å². The second kappa shape index (κ2) is 11.8. The number of benzene rings is 1. The van der Waals surface area contributed by atoms with E-state index in [0.29, 0.717) is 11.9 Å². The number of ether oxygens (including phenoxy) is 2. The van der Waals surface area contributed by atoms with Crippen LogP contribution in [0, 0.1) is 5.92 Å². The highest BCUT2D eigenvalue weighted by molar-refractivity contribution is 5.77. The molecule has 0 radical (unpaired) electrons. The first-order chi connectivity index (χ1) is 12.6. The van der Waals surface area contributed by atoms with Gasteiger partial charge in [0, 0.05) is 32.7 Å². The quantitative estimate of drug-likeness (QED) is 0.378. The van der Waals surface area contributed by atoms with Crippen molar-refractivity contribution >= 4 is 5.96 Å². The van der Waals surface area contributed by atoms with Crippen molar-refractivity contribution in [3.63, 3.8) is 0 Å². The molecule has 6 nitrogen and oxygen atoms in total. The predicted octanol–water partition coefficient (Wildman–Crippen LogP) is 1.89. The maximum absolute atomic E-state index is 5.93. The lowest BCUT2D eigenvalue weighted by Gasteiger charge is -2.26. The predicted molar refractivity (Wildman–Crippen MR) is 107 cm³/mol. The second-order valence-corrected chi connectivity index (χ2v) is 7.10. The smallest absolute Gasteiger partial charge is 0.188 e. The Bertz CT molecular complexity index is 525. The first-order valence-electron chi connectivity index (χ1n) is 9.69. The van der Waals surface area contributed by atoms with E-state index in [4.69, 9.17) is 15.2 Å². The molecule has 1 aliphatic heterocycles. The molecule has 0 atom stereocenters. The first-order valence-corrected chi connectivity index (χ1v) is 9.69. The van der Waals surface area contributed by atoms with Crippen LogP contribution in [0.15, 0.2) is 29.3 Å². The lowest BCUT2D eigenvalue weighted by Crippen LogP contribution is -2.37. The number of rotatable bonds is 10. The highest BCUT2D eigenvalue weighted by Crippen LogP contribution is 2.13. The molecule has 0 bridgehead atoms. The standard InChI is InChI=1S/C20H34N4O2/c1-17(2)16-26-19-6-4-18(5-7-19)8-10-23-20(21)22-9-3-11-24-12-14-25-15-13-24/h4-7,17H,3,8-16H2,1-2H3,(H3,21,22,23). The molecular formula is C20H34N4O2. The van der Waals surface area contributed by atoms with E-state index in [1.165, 1.54) is 5.56 Å². The lowest BCUT2D eigenvalue weighted by molar-refractivity contribution is 0.0377.